The molecule has 4 aliphatic carbocycles. The number of hydrazone groups is 1. The van der Waals surface area contributed by atoms with E-state index in [1.54, 1.807) is 0 Å². The Balaban J connectivity index is 1.52. The maximum absolute atomic E-state index is 13.0. The van der Waals surface area contributed by atoms with Crippen LogP contribution in [-0.4, -0.2) is 21.4 Å². The summed E-state index contributed by atoms with van der Waals surface area (Å²) in [7, 11) is 0. The smallest absolute Gasteiger partial charge is 0.246 e. The summed E-state index contributed by atoms with van der Waals surface area (Å²) in [6.45, 7) is 8.98. The maximum Gasteiger partial charge on any atom is 0.246 e. The fourth-order valence-electron chi connectivity index (χ4n) is 6.23. The fraction of sp³-hybridized carbons (Fsp3) is 0.750. The van der Waals surface area contributed by atoms with Gasteiger partial charge in [0, 0.05) is 17.8 Å². The van der Waals surface area contributed by atoms with Crippen molar-refractivity contribution in [1.82, 2.24) is 15.2 Å². The molecule has 0 saturated heterocycles. The lowest BCUT2D eigenvalue weighted by atomic mass is 9.49. The van der Waals surface area contributed by atoms with Gasteiger partial charge in [0.05, 0.1) is 16.8 Å². The summed E-state index contributed by atoms with van der Waals surface area (Å²) in [4.78, 5) is 13.0. The molecule has 4 aliphatic rings. The summed E-state index contributed by atoms with van der Waals surface area (Å²) in [6.07, 6.45) is 7.28. The molecule has 25 heavy (non-hydrogen) atoms. The van der Waals surface area contributed by atoms with E-state index < -0.39 is 0 Å². The molecule has 0 aromatic carbocycles. The predicted molar refractivity (Wildman–Crippen MR) is 98.3 cm³/mol. The minimum absolute atomic E-state index is 0.143. The topological polar surface area (TPSA) is 59.3 Å². The van der Waals surface area contributed by atoms with Crippen molar-refractivity contribution in [3.8, 4) is 0 Å². The van der Waals surface area contributed by atoms with Gasteiger partial charge in [-0.2, -0.15) is 10.2 Å². The molecule has 4 fully saturated rings. The number of aryl methyl sites for hydroxylation is 2. The molecule has 1 aromatic heterocycles. The third kappa shape index (κ3) is 2.72. The number of carbonyl (C=O) groups is 1. The molecule has 0 unspecified atom stereocenters. The van der Waals surface area contributed by atoms with E-state index in [4.69, 9.17) is 0 Å². The van der Waals surface area contributed by atoms with E-state index in [1.165, 1.54) is 19.3 Å². The van der Waals surface area contributed by atoms with Gasteiger partial charge in [-0.05, 0) is 84.0 Å². The maximum atomic E-state index is 13.0. The van der Waals surface area contributed by atoms with Crippen molar-refractivity contribution >= 4 is 11.6 Å². The van der Waals surface area contributed by atoms with Gasteiger partial charge in [-0.1, -0.05) is 0 Å². The lowest BCUT2D eigenvalue weighted by Gasteiger charge is -2.55. The first-order chi connectivity index (χ1) is 11.9. The van der Waals surface area contributed by atoms with Crippen LogP contribution in [0.2, 0.25) is 0 Å². The van der Waals surface area contributed by atoms with Crippen molar-refractivity contribution < 1.29 is 4.79 Å². The van der Waals surface area contributed by atoms with Gasteiger partial charge < -0.3 is 0 Å². The highest BCUT2D eigenvalue weighted by Gasteiger charge is 2.54. The zero-order valence-corrected chi connectivity index (χ0v) is 15.9. The first-order valence-corrected chi connectivity index (χ1v) is 9.81. The summed E-state index contributed by atoms with van der Waals surface area (Å²) < 4.78 is 1.99. The predicted octanol–water partition coefficient (Wildman–Crippen LogP) is 3.58. The van der Waals surface area contributed by atoms with Crippen LogP contribution in [0.3, 0.4) is 0 Å². The number of hydrogen-bond acceptors (Lipinski definition) is 3. The third-order valence-corrected chi connectivity index (χ3v) is 6.89. The summed E-state index contributed by atoms with van der Waals surface area (Å²) >= 11 is 0. The van der Waals surface area contributed by atoms with E-state index in [1.807, 2.05) is 18.5 Å². The highest BCUT2D eigenvalue weighted by molar-refractivity contribution is 6.01. The molecule has 0 spiro atoms. The van der Waals surface area contributed by atoms with Crippen molar-refractivity contribution in [3.05, 3.63) is 17.0 Å². The normalized spacial score (nSPS) is 33.8. The number of nitrogens with zero attached hydrogens (tertiary/aromatic N) is 3. The van der Waals surface area contributed by atoms with Crippen LogP contribution in [0, 0.1) is 37.0 Å². The Labute approximate surface area is 150 Å². The number of carbonyl (C=O) groups excluding carboxylic acids is 1. The summed E-state index contributed by atoms with van der Waals surface area (Å²) in [5.41, 5.74) is 6.80. The van der Waals surface area contributed by atoms with Crippen LogP contribution in [0.25, 0.3) is 0 Å². The molecule has 5 heteroatoms. The van der Waals surface area contributed by atoms with Crippen molar-refractivity contribution in [1.29, 1.82) is 0 Å². The first-order valence-electron chi connectivity index (χ1n) is 9.81. The Hall–Kier alpha value is -1.65. The standard InChI is InChI=1S/C20H30N4O/c1-5-24-14(4)18(13(3)23-24)12(2)21-22-19(25)20-9-15-6-16(10-20)8-17(7-15)11-20/h15-17H,5-11H2,1-4H3,(H,22,25). The second-order valence-corrected chi connectivity index (χ2v) is 8.70. The van der Waals surface area contributed by atoms with Crippen LogP contribution in [0.5, 0.6) is 0 Å². The van der Waals surface area contributed by atoms with Crippen LogP contribution in [0.4, 0.5) is 0 Å². The van der Waals surface area contributed by atoms with Gasteiger partial charge in [0.25, 0.3) is 0 Å². The summed E-state index contributed by atoms with van der Waals surface area (Å²) in [5.74, 6) is 2.47. The Morgan fingerprint density at radius 3 is 2.24 bits per heavy atom. The molecule has 0 atom stereocenters. The third-order valence-electron chi connectivity index (χ3n) is 6.89. The summed E-state index contributed by atoms with van der Waals surface area (Å²) in [6, 6.07) is 0. The van der Waals surface area contributed by atoms with Crippen molar-refractivity contribution in [2.45, 2.75) is 72.8 Å². The highest BCUT2D eigenvalue weighted by Crippen LogP contribution is 2.60. The van der Waals surface area contributed by atoms with E-state index in [-0.39, 0.29) is 11.3 Å². The Kier molecular flexibility index (Phi) is 4.00. The monoisotopic (exact) mass is 342 g/mol. The van der Waals surface area contributed by atoms with E-state index in [0.29, 0.717) is 0 Å². The van der Waals surface area contributed by atoms with Crippen molar-refractivity contribution in [3.63, 3.8) is 0 Å². The van der Waals surface area contributed by atoms with E-state index in [9.17, 15) is 4.79 Å². The number of rotatable bonds is 4. The molecule has 4 saturated carbocycles. The zero-order chi connectivity index (χ0) is 17.8. The van der Waals surface area contributed by atoms with Crippen LogP contribution >= 0.6 is 0 Å². The Morgan fingerprint density at radius 1 is 1.20 bits per heavy atom. The zero-order valence-electron chi connectivity index (χ0n) is 15.9. The highest BCUT2D eigenvalue weighted by atomic mass is 16.2. The van der Waals surface area contributed by atoms with Gasteiger partial charge in [0.15, 0.2) is 0 Å². The van der Waals surface area contributed by atoms with Crippen molar-refractivity contribution in [2.75, 3.05) is 0 Å². The van der Waals surface area contributed by atoms with E-state index in [0.717, 1.165) is 66.2 Å². The number of nitrogens with one attached hydrogen (secondary N) is 1. The number of hydrogen-bond donors (Lipinski definition) is 1. The lowest BCUT2D eigenvalue weighted by Crippen LogP contribution is -2.52. The van der Waals surface area contributed by atoms with Gasteiger partial charge >= 0.3 is 0 Å². The van der Waals surface area contributed by atoms with Gasteiger partial charge in [-0.15, -0.1) is 0 Å². The molecule has 4 bridgehead atoms. The first kappa shape index (κ1) is 16.8. The van der Waals surface area contributed by atoms with E-state index in [2.05, 4.69) is 29.5 Å². The summed E-state index contributed by atoms with van der Waals surface area (Å²) in [5, 5.41) is 9.04. The minimum Gasteiger partial charge on any atom is -0.273 e. The van der Waals surface area contributed by atoms with Crippen LogP contribution in [0.15, 0.2) is 5.10 Å². The second kappa shape index (κ2) is 5.96. The van der Waals surface area contributed by atoms with Crippen LogP contribution in [-0.2, 0) is 11.3 Å². The number of aromatic nitrogens is 2. The molecule has 0 aliphatic heterocycles. The molecule has 5 rings (SSSR count). The van der Waals surface area contributed by atoms with Crippen LogP contribution < -0.4 is 5.43 Å². The molecule has 1 N–H and O–H groups in total. The Morgan fingerprint density at radius 2 is 1.76 bits per heavy atom. The lowest BCUT2D eigenvalue weighted by molar-refractivity contribution is -0.146. The second-order valence-electron chi connectivity index (χ2n) is 8.70. The average Bonchev–Trinajstić information content (AvgIpc) is 2.85. The van der Waals surface area contributed by atoms with Gasteiger partial charge in [0.2, 0.25) is 5.91 Å². The molecular weight excluding hydrogens is 312 g/mol. The molecule has 5 nitrogen and oxygen atoms in total. The molecule has 0 radical (unpaired) electrons. The largest absolute Gasteiger partial charge is 0.273 e. The quantitative estimate of drug-likeness (QED) is 0.671. The molecule has 1 aromatic rings. The Bertz CT molecular complexity index is 695. The van der Waals surface area contributed by atoms with Crippen molar-refractivity contribution in [2.24, 2.45) is 28.3 Å². The van der Waals surface area contributed by atoms with Gasteiger partial charge in [-0.25, -0.2) is 5.43 Å². The van der Waals surface area contributed by atoms with Gasteiger partial charge in [0.1, 0.15) is 0 Å². The van der Waals surface area contributed by atoms with Crippen LogP contribution in [0.1, 0.15) is 69.3 Å². The number of amides is 1. The molecule has 1 amide bonds. The molecule has 1 heterocycles. The van der Waals surface area contributed by atoms with E-state index >= 15 is 0 Å². The minimum atomic E-state index is -0.143. The van der Waals surface area contributed by atoms with Gasteiger partial charge in [-0.3, -0.25) is 9.48 Å². The SMILES string of the molecule is CCn1nc(C)c(C(C)=NNC(=O)C23CC4CC(CC(C4)C2)C3)c1C. The molecule has 136 valence electrons. The fourth-order valence-corrected chi connectivity index (χ4v) is 6.23. The molecular formula is C20H30N4O. The average molecular weight is 342 g/mol.